The first-order valence-electron chi connectivity index (χ1n) is 14.4. The fourth-order valence-corrected chi connectivity index (χ4v) is 9.23. The van der Waals surface area contributed by atoms with Crippen molar-refractivity contribution in [3.63, 3.8) is 0 Å². The van der Waals surface area contributed by atoms with Gasteiger partial charge in [-0.3, -0.25) is 4.79 Å². The van der Waals surface area contributed by atoms with Crippen LogP contribution in [0.4, 0.5) is 0 Å². The van der Waals surface area contributed by atoms with E-state index in [1.165, 1.54) is 51.4 Å². The van der Waals surface area contributed by atoms with Crippen LogP contribution in [-0.4, -0.2) is 23.9 Å². The highest BCUT2D eigenvalue weighted by Crippen LogP contribution is 2.67. The van der Waals surface area contributed by atoms with E-state index in [2.05, 4.69) is 53.3 Å². The van der Waals surface area contributed by atoms with Crippen molar-refractivity contribution in [2.45, 2.75) is 117 Å². The van der Waals surface area contributed by atoms with Gasteiger partial charge in [-0.05, 0) is 91.3 Å². The lowest BCUT2D eigenvalue weighted by Gasteiger charge is -2.58. The summed E-state index contributed by atoms with van der Waals surface area (Å²) in [6.45, 7) is 12.5. The van der Waals surface area contributed by atoms with Gasteiger partial charge in [0.1, 0.15) is 12.1 Å². The Morgan fingerprint density at radius 2 is 1.88 bits per heavy atom. The van der Waals surface area contributed by atoms with Crippen LogP contribution in [0.1, 0.15) is 105 Å². The molecule has 0 aliphatic heterocycles. The first kappa shape index (κ1) is 26.6. The monoisotopic (exact) mass is 489 g/mol. The number of rotatable bonds is 8. The normalized spacial score (nSPS) is 41.2. The summed E-state index contributed by atoms with van der Waals surface area (Å²) in [5.74, 6) is 5.20. The van der Waals surface area contributed by atoms with E-state index in [9.17, 15) is 4.79 Å². The highest BCUT2D eigenvalue weighted by molar-refractivity contribution is 7.80. The van der Waals surface area contributed by atoms with Crippen LogP contribution in [0.15, 0.2) is 11.6 Å². The molecule has 0 amide bonds. The Labute approximate surface area is 214 Å². The first-order valence-corrected chi connectivity index (χ1v) is 15.0. The summed E-state index contributed by atoms with van der Waals surface area (Å²) in [6.07, 6.45) is 16.7. The maximum atomic E-state index is 12.2. The fraction of sp³-hybridized carbons (Fsp3) is 0.900. The molecule has 4 aliphatic rings. The predicted molar refractivity (Wildman–Crippen MR) is 145 cm³/mol. The number of thiol groups is 1. The van der Waals surface area contributed by atoms with Gasteiger partial charge in [-0.15, -0.1) is 0 Å². The van der Waals surface area contributed by atoms with Gasteiger partial charge in [0.25, 0.3) is 0 Å². The van der Waals surface area contributed by atoms with Gasteiger partial charge in [-0.25, -0.2) is 0 Å². The Bertz CT molecular complexity index is 765. The van der Waals surface area contributed by atoms with Crippen LogP contribution >= 0.6 is 12.6 Å². The molecule has 4 heteroatoms. The van der Waals surface area contributed by atoms with Crippen molar-refractivity contribution in [2.75, 3.05) is 5.75 Å². The average Bonchev–Trinajstić information content (AvgIpc) is 3.15. The Morgan fingerprint density at radius 3 is 2.59 bits per heavy atom. The number of carbonyl (C=O) groups excluding carboxylic acids is 1. The molecule has 4 aliphatic carbocycles. The third kappa shape index (κ3) is 4.89. The molecule has 9 atom stereocenters. The lowest BCUT2D eigenvalue weighted by atomic mass is 9.47. The highest BCUT2D eigenvalue weighted by atomic mass is 32.1. The minimum absolute atomic E-state index is 0.00860. The van der Waals surface area contributed by atoms with Crippen molar-refractivity contribution in [1.82, 2.24) is 0 Å². The molecule has 2 N–H and O–H groups in total. The lowest BCUT2D eigenvalue weighted by molar-refractivity contribution is -0.152. The summed E-state index contributed by atoms with van der Waals surface area (Å²) in [7, 11) is 0. The Kier molecular flexibility index (Phi) is 8.19. The van der Waals surface area contributed by atoms with E-state index in [1.807, 2.05) is 0 Å². The largest absolute Gasteiger partial charge is 0.461 e. The fourth-order valence-electron chi connectivity index (χ4n) is 9.08. The van der Waals surface area contributed by atoms with E-state index in [4.69, 9.17) is 10.5 Å². The van der Waals surface area contributed by atoms with Gasteiger partial charge >= 0.3 is 5.97 Å². The molecule has 0 radical (unpaired) electrons. The van der Waals surface area contributed by atoms with E-state index < -0.39 is 6.04 Å². The van der Waals surface area contributed by atoms with E-state index in [1.54, 1.807) is 5.57 Å². The van der Waals surface area contributed by atoms with Crippen LogP contribution in [0.3, 0.4) is 0 Å². The lowest BCUT2D eigenvalue weighted by Crippen LogP contribution is -2.51. The van der Waals surface area contributed by atoms with E-state index in [0.717, 1.165) is 54.8 Å². The molecule has 4 rings (SSSR count). The first-order chi connectivity index (χ1) is 16.1. The van der Waals surface area contributed by atoms with Crippen LogP contribution in [0, 0.1) is 46.3 Å². The van der Waals surface area contributed by atoms with Gasteiger partial charge < -0.3 is 10.5 Å². The SMILES string of the molecule is CC(C)CCC[C@@H](C)[C@H]1CC[C@H]2[C@@H]3CC=C4C[C@@H](OC(=O)[C@@H](N)CS)CC[C@]4(C)[C@H]3CC[C@]12C. The minimum Gasteiger partial charge on any atom is -0.461 e. The van der Waals surface area contributed by atoms with Crippen molar-refractivity contribution in [3.05, 3.63) is 11.6 Å². The maximum absolute atomic E-state index is 12.2. The quantitative estimate of drug-likeness (QED) is 0.215. The number of esters is 1. The zero-order valence-corrected chi connectivity index (χ0v) is 23.4. The number of fused-ring (bicyclic) bond motifs is 5. The molecule has 0 saturated heterocycles. The minimum atomic E-state index is -0.611. The predicted octanol–water partition coefficient (Wildman–Crippen LogP) is 7.20. The van der Waals surface area contributed by atoms with Crippen molar-refractivity contribution >= 4 is 18.6 Å². The van der Waals surface area contributed by atoms with Gasteiger partial charge in [0, 0.05) is 12.2 Å². The van der Waals surface area contributed by atoms with Crippen LogP contribution in [0.5, 0.6) is 0 Å². The molecule has 0 aromatic carbocycles. The smallest absolute Gasteiger partial charge is 0.324 e. The third-order valence-electron chi connectivity index (χ3n) is 11.0. The van der Waals surface area contributed by atoms with Crippen molar-refractivity contribution in [1.29, 1.82) is 0 Å². The number of nitrogens with two attached hydrogens (primary N) is 1. The van der Waals surface area contributed by atoms with E-state index in [0.29, 0.717) is 16.6 Å². The highest BCUT2D eigenvalue weighted by Gasteiger charge is 2.59. The topological polar surface area (TPSA) is 52.3 Å². The molecule has 0 bridgehead atoms. The van der Waals surface area contributed by atoms with E-state index in [-0.39, 0.29) is 12.1 Å². The summed E-state index contributed by atoms with van der Waals surface area (Å²) in [6, 6.07) is -0.611. The molecule has 0 aromatic heterocycles. The number of allylic oxidation sites excluding steroid dienone is 1. The Morgan fingerprint density at radius 1 is 1.12 bits per heavy atom. The number of hydrogen-bond donors (Lipinski definition) is 2. The van der Waals surface area contributed by atoms with Crippen LogP contribution < -0.4 is 5.73 Å². The van der Waals surface area contributed by atoms with Gasteiger partial charge in [0.15, 0.2) is 0 Å². The Balaban J connectivity index is 1.43. The Hall–Kier alpha value is -0.480. The van der Waals surface area contributed by atoms with Crippen LogP contribution in [-0.2, 0) is 9.53 Å². The third-order valence-corrected chi connectivity index (χ3v) is 11.4. The molecular weight excluding hydrogens is 438 g/mol. The second-order valence-corrected chi connectivity index (χ2v) is 13.7. The molecule has 0 spiro atoms. The number of hydrogen-bond acceptors (Lipinski definition) is 4. The van der Waals surface area contributed by atoms with Crippen molar-refractivity contribution < 1.29 is 9.53 Å². The standard InChI is InChI=1S/C30H51NO2S/c1-19(2)7-6-8-20(3)24-11-12-25-23-10-9-21-17-22(33-28(32)27(31)18-34)13-15-29(21,4)26(23)14-16-30(24,25)5/h9,19-20,22-27,34H,6-8,10-18,31H2,1-5H3/t20-,22+,23+,24-,25+,26+,27+,29+,30-/m1/s1. The molecule has 34 heavy (non-hydrogen) atoms. The summed E-state index contributed by atoms with van der Waals surface area (Å²) in [5, 5.41) is 0. The molecule has 3 nitrogen and oxygen atoms in total. The summed E-state index contributed by atoms with van der Waals surface area (Å²) in [5.41, 5.74) is 8.24. The van der Waals surface area contributed by atoms with Gasteiger partial charge in [0.2, 0.25) is 0 Å². The van der Waals surface area contributed by atoms with Gasteiger partial charge in [-0.1, -0.05) is 65.5 Å². The summed E-state index contributed by atoms with van der Waals surface area (Å²) < 4.78 is 5.79. The summed E-state index contributed by atoms with van der Waals surface area (Å²) in [4.78, 5) is 12.2. The van der Waals surface area contributed by atoms with Gasteiger partial charge in [0.05, 0.1) is 0 Å². The molecule has 3 saturated carbocycles. The van der Waals surface area contributed by atoms with Crippen molar-refractivity contribution in [2.24, 2.45) is 52.1 Å². The van der Waals surface area contributed by atoms with Crippen molar-refractivity contribution in [3.8, 4) is 0 Å². The van der Waals surface area contributed by atoms with Crippen LogP contribution in [0.2, 0.25) is 0 Å². The zero-order valence-electron chi connectivity index (χ0n) is 22.5. The van der Waals surface area contributed by atoms with E-state index >= 15 is 0 Å². The van der Waals surface area contributed by atoms with Gasteiger partial charge in [-0.2, -0.15) is 12.6 Å². The molecule has 0 unspecified atom stereocenters. The number of ether oxygens (including phenoxy) is 1. The van der Waals surface area contributed by atoms with Crippen LogP contribution in [0.25, 0.3) is 0 Å². The average molecular weight is 490 g/mol. The second-order valence-electron chi connectivity index (χ2n) is 13.4. The molecular formula is C30H51NO2S. The molecule has 0 heterocycles. The maximum Gasteiger partial charge on any atom is 0.324 e. The number of carbonyl (C=O) groups is 1. The molecule has 3 fully saturated rings. The molecule has 194 valence electrons. The summed E-state index contributed by atoms with van der Waals surface area (Å²) >= 11 is 4.15. The zero-order chi connectivity index (χ0) is 24.7. The second kappa shape index (κ2) is 10.5. The molecule has 0 aromatic rings.